The van der Waals surface area contributed by atoms with E-state index < -0.39 is 0 Å². The van der Waals surface area contributed by atoms with Gasteiger partial charge in [0.25, 0.3) is 5.91 Å². The predicted molar refractivity (Wildman–Crippen MR) is 122 cm³/mol. The minimum absolute atomic E-state index is 0.185. The first kappa shape index (κ1) is 20.4. The number of aromatic nitrogens is 2. The number of fused-ring (bicyclic) bond motifs is 1. The van der Waals surface area contributed by atoms with Crippen LogP contribution in [0.3, 0.4) is 0 Å². The third kappa shape index (κ3) is 5.01. The lowest BCUT2D eigenvalue weighted by atomic mass is 10.1. The summed E-state index contributed by atoms with van der Waals surface area (Å²) in [7, 11) is 0. The van der Waals surface area contributed by atoms with Crippen molar-refractivity contribution in [2.45, 2.75) is 23.4 Å². The van der Waals surface area contributed by atoms with Gasteiger partial charge >= 0.3 is 0 Å². The van der Waals surface area contributed by atoms with E-state index in [9.17, 15) is 4.79 Å². The lowest BCUT2D eigenvalue weighted by Gasteiger charge is -2.07. The second-order valence-electron chi connectivity index (χ2n) is 6.68. The average molecular weight is 439 g/mol. The number of benzene rings is 2. The Kier molecular flexibility index (Phi) is 6.66. The van der Waals surface area contributed by atoms with Crippen molar-refractivity contribution >= 4 is 45.7 Å². The maximum Gasteiger partial charge on any atom is 0.287 e. The molecule has 0 saturated heterocycles. The summed E-state index contributed by atoms with van der Waals surface area (Å²) in [5.41, 5.74) is 2.69. The number of anilines is 1. The zero-order valence-corrected chi connectivity index (χ0v) is 18.2. The van der Waals surface area contributed by atoms with Gasteiger partial charge in [-0.15, -0.1) is 10.2 Å². The number of para-hydroxylation sites is 2. The summed E-state index contributed by atoms with van der Waals surface area (Å²) in [6, 6.07) is 17.8. The number of carbonyl (C=O) groups excluding carboxylic acids is 1. The Labute approximate surface area is 183 Å². The van der Waals surface area contributed by atoms with Crippen LogP contribution in [0.2, 0.25) is 0 Å². The molecule has 0 radical (unpaired) electrons. The van der Waals surface area contributed by atoms with Gasteiger partial charge in [-0.1, -0.05) is 59.5 Å². The van der Waals surface area contributed by atoms with E-state index in [1.165, 1.54) is 0 Å². The van der Waals surface area contributed by atoms with E-state index in [1.54, 1.807) is 23.1 Å². The lowest BCUT2D eigenvalue weighted by Crippen LogP contribution is -2.26. The second kappa shape index (κ2) is 9.77. The standard InChI is InChI=1S/C22H22N4O2S2/c1-15-25-26-22(30-15)29-14-18-17-10-5-6-11-19(17)28-20(18)21(27)24-13-7-12-23-16-8-3-2-4-9-16/h2-6,8-11,23H,7,12-14H2,1H3,(H,24,27). The van der Waals surface area contributed by atoms with Crippen LogP contribution in [-0.4, -0.2) is 29.2 Å². The second-order valence-corrected chi connectivity index (χ2v) is 9.09. The first-order valence-electron chi connectivity index (χ1n) is 9.71. The van der Waals surface area contributed by atoms with Gasteiger partial charge < -0.3 is 15.1 Å². The fourth-order valence-corrected chi connectivity index (χ4v) is 4.90. The number of hydrogen-bond donors (Lipinski definition) is 2. The van der Waals surface area contributed by atoms with Gasteiger partial charge in [-0.25, -0.2) is 0 Å². The smallest absolute Gasteiger partial charge is 0.287 e. The summed E-state index contributed by atoms with van der Waals surface area (Å²) in [5, 5.41) is 16.4. The topological polar surface area (TPSA) is 80.0 Å². The van der Waals surface area contributed by atoms with E-state index in [0.717, 1.165) is 44.5 Å². The van der Waals surface area contributed by atoms with Crippen LogP contribution in [0.5, 0.6) is 0 Å². The van der Waals surface area contributed by atoms with Crippen molar-refractivity contribution in [3.63, 3.8) is 0 Å². The summed E-state index contributed by atoms with van der Waals surface area (Å²) < 4.78 is 6.79. The number of amides is 1. The third-order valence-electron chi connectivity index (χ3n) is 4.49. The molecule has 0 aliphatic rings. The molecule has 0 aliphatic carbocycles. The van der Waals surface area contributed by atoms with Crippen LogP contribution in [-0.2, 0) is 5.75 Å². The molecular weight excluding hydrogens is 416 g/mol. The largest absolute Gasteiger partial charge is 0.451 e. The van der Waals surface area contributed by atoms with Crippen molar-refractivity contribution in [2.75, 3.05) is 18.4 Å². The van der Waals surface area contributed by atoms with E-state index in [1.807, 2.05) is 61.5 Å². The predicted octanol–water partition coefficient (Wildman–Crippen LogP) is 5.12. The number of hydrogen-bond acceptors (Lipinski definition) is 7. The van der Waals surface area contributed by atoms with Crippen molar-refractivity contribution in [2.24, 2.45) is 0 Å². The summed E-state index contributed by atoms with van der Waals surface area (Å²) in [6.45, 7) is 3.28. The summed E-state index contributed by atoms with van der Waals surface area (Å²) in [4.78, 5) is 12.8. The monoisotopic (exact) mass is 438 g/mol. The van der Waals surface area contributed by atoms with E-state index in [4.69, 9.17) is 4.42 Å². The number of aryl methyl sites for hydroxylation is 1. The Hall–Kier alpha value is -2.84. The molecule has 0 unspecified atom stereocenters. The minimum Gasteiger partial charge on any atom is -0.451 e. The molecule has 4 rings (SSSR count). The number of thioether (sulfide) groups is 1. The number of nitrogens with zero attached hydrogens (tertiary/aromatic N) is 2. The fourth-order valence-electron chi connectivity index (χ4n) is 3.06. The molecule has 2 aromatic heterocycles. The first-order valence-corrected chi connectivity index (χ1v) is 11.5. The Bertz CT molecular complexity index is 1120. The SMILES string of the molecule is Cc1nnc(SCc2c(C(=O)NCCCNc3ccccc3)oc3ccccc23)s1. The fraction of sp³-hybridized carbons (Fsp3) is 0.227. The molecule has 8 heteroatoms. The van der Waals surface area contributed by atoms with Crippen LogP contribution in [0.1, 0.15) is 27.5 Å². The molecule has 1 amide bonds. The first-order chi connectivity index (χ1) is 14.7. The van der Waals surface area contributed by atoms with Gasteiger partial charge in [0, 0.05) is 35.5 Å². The highest BCUT2D eigenvalue weighted by atomic mass is 32.2. The molecule has 0 atom stereocenters. The number of furan rings is 1. The van der Waals surface area contributed by atoms with E-state index in [0.29, 0.717) is 18.1 Å². The van der Waals surface area contributed by atoms with Crippen molar-refractivity contribution < 1.29 is 9.21 Å². The van der Waals surface area contributed by atoms with Gasteiger partial charge in [-0.2, -0.15) is 0 Å². The van der Waals surface area contributed by atoms with E-state index in [-0.39, 0.29) is 5.91 Å². The van der Waals surface area contributed by atoms with Crippen LogP contribution in [0, 0.1) is 6.92 Å². The van der Waals surface area contributed by atoms with Crippen LogP contribution in [0.15, 0.2) is 63.4 Å². The molecule has 0 bridgehead atoms. The zero-order chi connectivity index (χ0) is 20.8. The van der Waals surface area contributed by atoms with Crippen LogP contribution < -0.4 is 10.6 Å². The zero-order valence-electron chi connectivity index (χ0n) is 16.6. The summed E-state index contributed by atoms with van der Waals surface area (Å²) in [6.07, 6.45) is 0.814. The Morgan fingerprint density at radius 2 is 1.87 bits per heavy atom. The molecule has 30 heavy (non-hydrogen) atoms. The van der Waals surface area contributed by atoms with Crippen LogP contribution >= 0.6 is 23.1 Å². The highest BCUT2D eigenvalue weighted by Gasteiger charge is 2.20. The Balaban J connectivity index is 1.38. The molecule has 2 aromatic carbocycles. The molecule has 0 fully saturated rings. The summed E-state index contributed by atoms with van der Waals surface area (Å²) >= 11 is 3.12. The maximum atomic E-state index is 12.8. The lowest BCUT2D eigenvalue weighted by molar-refractivity contribution is 0.0927. The molecule has 0 saturated carbocycles. The maximum absolute atomic E-state index is 12.8. The third-order valence-corrected chi connectivity index (χ3v) is 6.49. The normalized spacial score (nSPS) is 11.0. The number of nitrogens with one attached hydrogen (secondary N) is 2. The van der Waals surface area contributed by atoms with E-state index >= 15 is 0 Å². The van der Waals surface area contributed by atoms with Crippen LogP contribution in [0.4, 0.5) is 5.69 Å². The molecule has 2 heterocycles. The number of rotatable bonds is 9. The molecule has 4 aromatic rings. The molecule has 2 N–H and O–H groups in total. The minimum atomic E-state index is -0.185. The van der Waals surface area contributed by atoms with Gasteiger partial charge in [0.05, 0.1) is 0 Å². The molecule has 0 spiro atoms. The Morgan fingerprint density at radius 1 is 1.07 bits per heavy atom. The highest BCUT2D eigenvalue weighted by Crippen LogP contribution is 2.33. The van der Waals surface area contributed by atoms with Gasteiger partial charge in [-0.05, 0) is 31.5 Å². The quantitative estimate of drug-likeness (QED) is 0.279. The molecular formula is C22H22N4O2S2. The van der Waals surface area contributed by atoms with Gasteiger partial charge in [0.15, 0.2) is 10.1 Å². The Morgan fingerprint density at radius 3 is 2.67 bits per heavy atom. The molecule has 154 valence electrons. The van der Waals surface area contributed by atoms with Crippen molar-refractivity contribution in [3.05, 3.63) is 70.9 Å². The molecule has 0 aliphatic heterocycles. The van der Waals surface area contributed by atoms with Crippen molar-refractivity contribution in [3.8, 4) is 0 Å². The van der Waals surface area contributed by atoms with Crippen molar-refractivity contribution in [1.29, 1.82) is 0 Å². The van der Waals surface area contributed by atoms with Crippen LogP contribution in [0.25, 0.3) is 11.0 Å². The van der Waals surface area contributed by atoms with Gasteiger partial charge in [0.1, 0.15) is 10.6 Å². The van der Waals surface area contributed by atoms with E-state index in [2.05, 4.69) is 20.8 Å². The van der Waals surface area contributed by atoms with Gasteiger partial charge in [-0.3, -0.25) is 4.79 Å². The van der Waals surface area contributed by atoms with Crippen molar-refractivity contribution in [1.82, 2.24) is 15.5 Å². The summed E-state index contributed by atoms with van der Waals surface area (Å²) in [5.74, 6) is 0.792. The highest BCUT2D eigenvalue weighted by molar-refractivity contribution is 8.00. The number of carbonyl (C=O) groups is 1. The van der Waals surface area contributed by atoms with Gasteiger partial charge in [0.2, 0.25) is 0 Å². The molecule has 6 nitrogen and oxygen atoms in total. The average Bonchev–Trinajstić information content (AvgIpc) is 3.35.